The Hall–Kier alpha value is -3.05. The summed E-state index contributed by atoms with van der Waals surface area (Å²) in [7, 11) is 1.62. The maximum atomic E-state index is 14.0. The van der Waals surface area contributed by atoms with Gasteiger partial charge >= 0.3 is 4.87 Å². The third kappa shape index (κ3) is 4.40. The lowest BCUT2D eigenvalue weighted by molar-refractivity contribution is -0.123. The number of anilines is 1. The Bertz CT molecular complexity index is 1880. The maximum Gasteiger partial charge on any atom is 0.305 e. The monoisotopic (exact) mass is 708 g/mol. The van der Waals surface area contributed by atoms with Crippen LogP contribution in [0.15, 0.2) is 81.0 Å². The molecule has 1 aromatic heterocycles. The van der Waals surface area contributed by atoms with Crippen molar-refractivity contribution in [2.75, 3.05) is 12.0 Å². The van der Waals surface area contributed by atoms with Gasteiger partial charge in [-0.2, -0.15) is 0 Å². The number of nitrogens with one attached hydrogen (secondary N) is 1. The summed E-state index contributed by atoms with van der Waals surface area (Å²) in [4.78, 5) is 45.8. The van der Waals surface area contributed by atoms with Crippen LogP contribution in [0.1, 0.15) is 28.3 Å². The highest BCUT2D eigenvalue weighted by Gasteiger charge is 2.69. The molecule has 0 radical (unpaired) electrons. The summed E-state index contributed by atoms with van der Waals surface area (Å²) in [5.41, 5.74) is 2.57. The second-order valence-corrected chi connectivity index (χ2v) is 15.3. The van der Waals surface area contributed by atoms with Crippen LogP contribution < -0.4 is 19.2 Å². The lowest BCUT2D eigenvalue weighted by Crippen LogP contribution is -2.42. The number of amides is 2. The van der Waals surface area contributed by atoms with E-state index in [1.54, 1.807) is 18.9 Å². The first-order valence-electron chi connectivity index (χ1n) is 14.4. The number of methoxy groups -OCH3 is 1. The maximum absolute atomic E-state index is 14.0. The zero-order valence-corrected chi connectivity index (χ0v) is 27.3. The van der Waals surface area contributed by atoms with E-state index in [0.717, 1.165) is 31.9 Å². The van der Waals surface area contributed by atoms with Crippen molar-refractivity contribution in [1.82, 2.24) is 4.98 Å². The number of rotatable bonds is 6. The van der Waals surface area contributed by atoms with Crippen molar-refractivity contribution in [2.24, 2.45) is 29.6 Å². The number of hydrogen-bond donors (Lipinski definition) is 1. The highest BCUT2D eigenvalue weighted by molar-refractivity contribution is 9.10. The summed E-state index contributed by atoms with van der Waals surface area (Å²) in [6, 6.07) is 20.8. The molecule has 5 unspecified atom stereocenters. The molecule has 7 atom stereocenters. The molecule has 2 bridgehead atoms. The summed E-state index contributed by atoms with van der Waals surface area (Å²) >= 11 is 12.5. The van der Waals surface area contributed by atoms with E-state index < -0.39 is 0 Å². The van der Waals surface area contributed by atoms with Gasteiger partial charge in [-0.05, 0) is 83.8 Å². The number of thioether (sulfide) groups is 1. The van der Waals surface area contributed by atoms with Gasteiger partial charge in [0.2, 0.25) is 11.8 Å². The Kier molecular flexibility index (Phi) is 6.97. The molecule has 7 nitrogen and oxygen atoms in total. The number of nitrogens with zero attached hydrogens (tertiary/aromatic N) is 1. The minimum absolute atomic E-state index is 0.0273. The van der Waals surface area contributed by atoms with Crippen molar-refractivity contribution in [3.8, 4) is 11.5 Å². The zero-order valence-electron chi connectivity index (χ0n) is 23.4. The summed E-state index contributed by atoms with van der Waals surface area (Å²) in [5.74, 6) is 0.358. The summed E-state index contributed by atoms with van der Waals surface area (Å²) in [6.45, 7) is 0.336. The highest BCUT2D eigenvalue weighted by Crippen LogP contribution is 2.68. The zero-order chi connectivity index (χ0) is 30.3. The number of fused-ring (bicyclic) bond motifs is 9. The van der Waals surface area contributed by atoms with Gasteiger partial charge in [-0.25, -0.2) is 0 Å². The Balaban J connectivity index is 1.15. The van der Waals surface area contributed by atoms with E-state index in [-0.39, 0.29) is 57.4 Å². The topological polar surface area (TPSA) is 88.7 Å². The number of aromatic nitrogens is 1. The Morgan fingerprint density at radius 2 is 1.75 bits per heavy atom. The first-order valence-corrected chi connectivity index (χ1v) is 17.3. The molecule has 0 spiro atoms. The molecule has 2 aliphatic heterocycles. The number of carbonyl (C=O) groups is 2. The Labute approximate surface area is 275 Å². The number of carbonyl (C=O) groups excluding carboxylic acids is 2. The molecule has 11 heteroatoms. The van der Waals surface area contributed by atoms with Gasteiger partial charge in [0.1, 0.15) is 6.61 Å². The minimum atomic E-state index is -0.361. The van der Waals surface area contributed by atoms with Gasteiger partial charge in [-0.15, -0.1) is 11.8 Å². The first kappa shape index (κ1) is 28.4. The number of aromatic amines is 1. The fourth-order valence-electron chi connectivity index (χ4n) is 8.02. The van der Waals surface area contributed by atoms with Crippen molar-refractivity contribution >= 4 is 68.1 Å². The fraction of sp³-hybridized carbons (Fsp3) is 0.303. The van der Waals surface area contributed by atoms with Crippen LogP contribution in [-0.2, 0) is 16.2 Å². The van der Waals surface area contributed by atoms with Crippen molar-refractivity contribution in [3.63, 3.8) is 0 Å². The Morgan fingerprint density at radius 3 is 2.50 bits per heavy atom. The van der Waals surface area contributed by atoms with Crippen LogP contribution in [-0.4, -0.2) is 29.2 Å². The van der Waals surface area contributed by atoms with Crippen molar-refractivity contribution in [3.05, 3.63) is 102 Å². The van der Waals surface area contributed by atoms with Crippen molar-refractivity contribution < 1.29 is 19.1 Å². The molecule has 2 amide bonds. The number of H-pyrrole nitrogens is 1. The van der Waals surface area contributed by atoms with E-state index in [0.29, 0.717) is 28.8 Å². The largest absolute Gasteiger partial charge is 0.493 e. The van der Waals surface area contributed by atoms with Crippen LogP contribution in [0.5, 0.6) is 11.5 Å². The number of imide groups is 1. The quantitative estimate of drug-likeness (QED) is 0.215. The third-order valence-corrected chi connectivity index (χ3v) is 13.0. The van der Waals surface area contributed by atoms with Crippen LogP contribution in [0.2, 0.25) is 5.02 Å². The molecule has 2 saturated carbocycles. The summed E-state index contributed by atoms with van der Waals surface area (Å²) in [5, 5.41) is 1.63. The van der Waals surface area contributed by atoms with E-state index >= 15 is 0 Å². The second kappa shape index (κ2) is 10.8. The van der Waals surface area contributed by atoms with Gasteiger partial charge in [-0.1, -0.05) is 57.1 Å². The summed E-state index contributed by atoms with van der Waals surface area (Å²) in [6.07, 6.45) is 0.830. The SMILES string of the molecule is COc1cc(C2c3sc(=O)[nH]c3SC3C2[C@H]2C[C@@H]3C3C(=O)N(c4ccc(Br)cc4)C(=O)C32)ccc1OCc1cccc(Cl)c1. The number of benzene rings is 3. The van der Waals surface area contributed by atoms with Gasteiger partial charge in [0.15, 0.2) is 11.5 Å². The molecular formula is C33H26BrClN2O5S2. The third-order valence-electron chi connectivity index (χ3n) is 9.64. The molecule has 4 aliphatic rings. The smallest absolute Gasteiger partial charge is 0.305 e. The number of ether oxygens (including phenoxy) is 2. The normalized spacial score (nSPS) is 28.2. The van der Waals surface area contributed by atoms with Gasteiger partial charge in [0.25, 0.3) is 0 Å². The lowest BCUT2D eigenvalue weighted by atomic mass is 9.68. The molecule has 2 aliphatic carbocycles. The standard InChI is InChI=1S/C33H26BrClN2O5S2/c1-41-23-12-16(5-10-22(23)42-14-15-3-2-4-18(35)11-15)24-25-20-13-21(28(25)43-30-29(24)44-33(40)36-30)27-26(20)31(38)37(32(27)39)19-8-6-17(34)7-9-19/h2-12,20-21,24-28H,13-14H2,1H3,(H,36,40)/t20-,21-,24?,25?,26?,27?,28?/m1/s1. The van der Waals surface area contributed by atoms with Crippen LogP contribution in [0.3, 0.4) is 0 Å². The van der Waals surface area contributed by atoms with Crippen LogP contribution in [0.4, 0.5) is 5.69 Å². The molecular weight excluding hydrogens is 684 g/mol. The molecule has 8 rings (SSSR count). The van der Waals surface area contributed by atoms with Crippen molar-refractivity contribution in [1.29, 1.82) is 0 Å². The molecule has 3 aromatic carbocycles. The summed E-state index contributed by atoms with van der Waals surface area (Å²) < 4.78 is 12.8. The molecule has 224 valence electrons. The van der Waals surface area contributed by atoms with E-state index in [4.69, 9.17) is 21.1 Å². The highest BCUT2D eigenvalue weighted by atomic mass is 79.9. The predicted molar refractivity (Wildman–Crippen MR) is 174 cm³/mol. The number of halogens is 2. The van der Waals surface area contributed by atoms with Crippen LogP contribution in [0.25, 0.3) is 0 Å². The van der Waals surface area contributed by atoms with Gasteiger partial charge in [0, 0.05) is 25.5 Å². The molecule has 3 fully saturated rings. The van der Waals surface area contributed by atoms with E-state index in [1.165, 1.54) is 16.2 Å². The lowest BCUT2D eigenvalue weighted by Gasteiger charge is -2.43. The average Bonchev–Trinajstić information content (AvgIpc) is 3.75. The second-order valence-electron chi connectivity index (χ2n) is 11.8. The molecule has 1 N–H and O–H groups in total. The van der Waals surface area contributed by atoms with Gasteiger partial charge < -0.3 is 14.5 Å². The first-order chi connectivity index (χ1) is 21.3. The molecule has 3 heterocycles. The van der Waals surface area contributed by atoms with Crippen LogP contribution >= 0.6 is 50.6 Å². The van der Waals surface area contributed by atoms with Crippen molar-refractivity contribution in [2.45, 2.75) is 29.2 Å². The Morgan fingerprint density at radius 1 is 0.977 bits per heavy atom. The molecule has 1 saturated heterocycles. The van der Waals surface area contributed by atoms with Crippen LogP contribution in [0, 0.1) is 29.6 Å². The number of hydrogen-bond acceptors (Lipinski definition) is 7. The van der Waals surface area contributed by atoms with E-state index in [1.807, 2.05) is 66.7 Å². The minimum Gasteiger partial charge on any atom is -0.493 e. The average molecular weight is 710 g/mol. The van der Waals surface area contributed by atoms with Gasteiger partial charge in [-0.3, -0.25) is 19.3 Å². The van der Waals surface area contributed by atoms with E-state index in [2.05, 4.69) is 20.9 Å². The van der Waals surface area contributed by atoms with E-state index in [9.17, 15) is 14.4 Å². The predicted octanol–water partition coefficient (Wildman–Crippen LogP) is 7.12. The van der Waals surface area contributed by atoms with Gasteiger partial charge in [0.05, 0.1) is 29.7 Å². The molecule has 44 heavy (non-hydrogen) atoms. The number of thiazole rings is 1. The molecule has 4 aromatic rings. The fourth-order valence-corrected chi connectivity index (χ4v) is 11.4.